The number of hydrogen-bond acceptors (Lipinski definition) is 4. The van der Waals surface area contributed by atoms with E-state index in [1.54, 1.807) is 24.3 Å². The third-order valence-corrected chi connectivity index (χ3v) is 5.78. The van der Waals surface area contributed by atoms with Crippen LogP contribution in [0.25, 0.3) is 5.76 Å². The summed E-state index contributed by atoms with van der Waals surface area (Å²) in [5.74, 6) is -0.795. The number of allylic oxidation sites excluding steroid dienone is 1. The standard InChI is InChI=1S/C20H24O4/c1-20(2,11-21)13-9-7-12(8-10-13)16-17(22)14-5-3-4-6-15(14)18(23)19(16)24/h3-6,12-13,21-22H,7-11H2,1-2H3. The third-order valence-electron chi connectivity index (χ3n) is 5.78. The maximum absolute atomic E-state index is 12.5. The molecule has 0 bridgehead atoms. The molecule has 4 nitrogen and oxygen atoms in total. The van der Waals surface area contributed by atoms with E-state index in [2.05, 4.69) is 13.8 Å². The van der Waals surface area contributed by atoms with Gasteiger partial charge in [0.25, 0.3) is 0 Å². The van der Waals surface area contributed by atoms with E-state index in [1.807, 2.05) is 0 Å². The van der Waals surface area contributed by atoms with Crippen LogP contribution in [-0.2, 0) is 4.79 Å². The lowest BCUT2D eigenvalue weighted by molar-refractivity contribution is -0.112. The van der Waals surface area contributed by atoms with Gasteiger partial charge in [-0.15, -0.1) is 0 Å². The van der Waals surface area contributed by atoms with Crippen LogP contribution in [0.15, 0.2) is 29.8 Å². The Kier molecular flexibility index (Phi) is 4.35. The Labute approximate surface area is 142 Å². The first-order chi connectivity index (χ1) is 11.4. The summed E-state index contributed by atoms with van der Waals surface area (Å²) < 4.78 is 0. The number of Topliss-reactive ketones (excluding diaryl/α,β-unsaturated/α-hetero) is 2. The Hall–Kier alpha value is -1.94. The average Bonchev–Trinajstić information content (AvgIpc) is 2.60. The Balaban J connectivity index is 1.88. The second-order valence-electron chi connectivity index (χ2n) is 7.66. The van der Waals surface area contributed by atoms with E-state index in [1.165, 1.54) is 0 Å². The second-order valence-corrected chi connectivity index (χ2v) is 7.66. The van der Waals surface area contributed by atoms with Crippen molar-refractivity contribution in [3.8, 4) is 0 Å². The molecule has 0 heterocycles. The van der Waals surface area contributed by atoms with Gasteiger partial charge in [0.2, 0.25) is 11.6 Å². The first-order valence-electron chi connectivity index (χ1n) is 8.59. The Morgan fingerprint density at radius 2 is 1.58 bits per heavy atom. The molecule has 0 radical (unpaired) electrons. The van der Waals surface area contributed by atoms with Gasteiger partial charge in [-0.2, -0.15) is 0 Å². The van der Waals surface area contributed by atoms with Gasteiger partial charge in [-0.25, -0.2) is 0 Å². The van der Waals surface area contributed by atoms with Gasteiger partial charge in [-0.05, 0) is 42.9 Å². The van der Waals surface area contributed by atoms with Gasteiger partial charge in [0.05, 0.1) is 0 Å². The van der Waals surface area contributed by atoms with Crippen molar-refractivity contribution in [1.82, 2.24) is 0 Å². The van der Waals surface area contributed by atoms with E-state index in [4.69, 9.17) is 0 Å². The maximum Gasteiger partial charge on any atom is 0.234 e. The van der Waals surface area contributed by atoms with Crippen LogP contribution in [0.5, 0.6) is 0 Å². The Morgan fingerprint density at radius 3 is 2.17 bits per heavy atom. The van der Waals surface area contributed by atoms with E-state index >= 15 is 0 Å². The number of carbonyl (C=O) groups is 2. The molecule has 1 aromatic carbocycles. The predicted octanol–water partition coefficient (Wildman–Crippen LogP) is 3.55. The summed E-state index contributed by atoms with van der Waals surface area (Å²) >= 11 is 0. The zero-order chi connectivity index (χ0) is 17.5. The smallest absolute Gasteiger partial charge is 0.234 e. The van der Waals surface area contributed by atoms with E-state index < -0.39 is 11.6 Å². The maximum atomic E-state index is 12.5. The first-order valence-corrected chi connectivity index (χ1v) is 8.59. The van der Waals surface area contributed by atoms with Crippen molar-refractivity contribution in [2.75, 3.05) is 6.61 Å². The van der Waals surface area contributed by atoms with E-state index in [-0.39, 0.29) is 23.7 Å². The van der Waals surface area contributed by atoms with Gasteiger partial charge < -0.3 is 10.2 Å². The lowest BCUT2D eigenvalue weighted by Gasteiger charge is -2.39. The molecule has 1 aromatic rings. The summed E-state index contributed by atoms with van der Waals surface area (Å²) in [6.07, 6.45) is 3.29. The van der Waals surface area contributed by atoms with Crippen LogP contribution in [0.3, 0.4) is 0 Å². The molecule has 4 heteroatoms. The fourth-order valence-corrected chi connectivity index (χ4v) is 4.06. The largest absolute Gasteiger partial charge is 0.507 e. The number of rotatable bonds is 3. The zero-order valence-corrected chi connectivity index (χ0v) is 14.2. The molecule has 0 saturated heterocycles. The number of aliphatic hydroxyl groups is 2. The van der Waals surface area contributed by atoms with Crippen molar-refractivity contribution < 1.29 is 19.8 Å². The minimum atomic E-state index is -0.559. The van der Waals surface area contributed by atoms with Crippen molar-refractivity contribution in [3.63, 3.8) is 0 Å². The molecule has 3 rings (SSSR count). The van der Waals surface area contributed by atoms with E-state index in [0.29, 0.717) is 22.6 Å². The lowest BCUT2D eigenvalue weighted by Crippen LogP contribution is -2.34. The highest BCUT2D eigenvalue weighted by Gasteiger charge is 2.40. The molecule has 1 fully saturated rings. The van der Waals surface area contributed by atoms with Crippen LogP contribution in [0.1, 0.15) is 55.5 Å². The van der Waals surface area contributed by atoms with Crippen LogP contribution in [-0.4, -0.2) is 28.4 Å². The van der Waals surface area contributed by atoms with Gasteiger partial charge >= 0.3 is 0 Å². The highest BCUT2D eigenvalue weighted by Crippen LogP contribution is 2.44. The Bertz CT molecular complexity index is 706. The highest BCUT2D eigenvalue weighted by molar-refractivity contribution is 6.52. The fourth-order valence-electron chi connectivity index (χ4n) is 4.06. The van der Waals surface area contributed by atoms with Crippen molar-refractivity contribution >= 4 is 17.3 Å². The van der Waals surface area contributed by atoms with Crippen molar-refractivity contribution in [3.05, 3.63) is 41.0 Å². The quantitative estimate of drug-likeness (QED) is 0.832. The molecule has 2 aliphatic carbocycles. The van der Waals surface area contributed by atoms with Crippen molar-refractivity contribution in [2.45, 2.75) is 39.5 Å². The summed E-state index contributed by atoms with van der Waals surface area (Å²) in [5, 5.41) is 20.1. The summed E-state index contributed by atoms with van der Waals surface area (Å²) in [6, 6.07) is 6.74. The van der Waals surface area contributed by atoms with Crippen LogP contribution < -0.4 is 0 Å². The molecule has 0 unspecified atom stereocenters. The molecule has 2 aliphatic rings. The molecular weight excluding hydrogens is 304 g/mol. The van der Waals surface area contributed by atoms with Gasteiger partial charge in [-0.1, -0.05) is 38.1 Å². The third kappa shape index (κ3) is 2.69. The minimum Gasteiger partial charge on any atom is -0.507 e. The number of benzene rings is 1. The molecule has 0 amide bonds. The van der Waals surface area contributed by atoms with E-state index in [9.17, 15) is 19.8 Å². The Morgan fingerprint density at radius 1 is 1.00 bits per heavy atom. The number of ketones is 2. The van der Waals surface area contributed by atoms with Crippen LogP contribution in [0.4, 0.5) is 0 Å². The number of fused-ring (bicyclic) bond motifs is 1. The SMILES string of the molecule is CC(C)(CO)C1CCC(C2=C(O)c3ccccc3C(=O)C2=O)CC1. The fraction of sp³-hybridized carbons (Fsp3) is 0.500. The molecule has 1 saturated carbocycles. The van der Waals surface area contributed by atoms with Crippen molar-refractivity contribution in [2.24, 2.45) is 17.3 Å². The molecule has 128 valence electrons. The lowest BCUT2D eigenvalue weighted by atomic mass is 9.66. The summed E-state index contributed by atoms with van der Waals surface area (Å²) in [7, 11) is 0. The topological polar surface area (TPSA) is 74.6 Å². The second kappa shape index (κ2) is 6.17. The summed E-state index contributed by atoms with van der Waals surface area (Å²) in [4.78, 5) is 24.9. The first kappa shape index (κ1) is 16.9. The average molecular weight is 328 g/mol. The predicted molar refractivity (Wildman–Crippen MR) is 91.6 cm³/mol. The molecule has 0 atom stereocenters. The molecule has 0 aliphatic heterocycles. The number of hydrogen-bond donors (Lipinski definition) is 2. The van der Waals surface area contributed by atoms with E-state index in [0.717, 1.165) is 25.7 Å². The highest BCUT2D eigenvalue weighted by atomic mass is 16.3. The van der Waals surface area contributed by atoms with Gasteiger partial charge in [0.1, 0.15) is 5.76 Å². The van der Waals surface area contributed by atoms with Crippen LogP contribution in [0.2, 0.25) is 0 Å². The van der Waals surface area contributed by atoms with Crippen molar-refractivity contribution in [1.29, 1.82) is 0 Å². The molecule has 0 spiro atoms. The molecule has 24 heavy (non-hydrogen) atoms. The van der Waals surface area contributed by atoms with Crippen LogP contribution in [0, 0.1) is 17.3 Å². The zero-order valence-electron chi connectivity index (χ0n) is 14.2. The summed E-state index contributed by atoms with van der Waals surface area (Å²) in [5.41, 5.74) is 0.910. The number of aliphatic hydroxyl groups excluding tert-OH is 2. The minimum absolute atomic E-state index is 0.0277. The normalized spacial score (nSPS) is 25.0. The monoisotopic (exact) mass is 328 g/mol. The van der Waals surface area contributed by atoms with Gasteiger partial charge in [0, 0.05) is 23.3 Å². The molecule has 2 N–H and O–H groups in total. The summed E-state index contributed by atoms with van der Waals surface area (Å²) in [6.45, 7) is 4.25. The van der Waals surface area contributed by atoms with Gasteiger partial charge in [-0.3, -0.25) is 9.59 Å². The molecule has 0 aromatic heterocycles. The number of carbonyl (C=O) groups excluding carboxylic acids is 2. The van der Waals surface area contributed by atoms with Gasteiger partial charge in [0.15, 0.2) is 0 Å². The molecular formula is C20H24O4. The van der Waals surface area contributed by atoms with Crippen LogP contribution >= 0.6 is 0 Å².